The maximum absolute atomic E-state index is 11.5. The van der Waals surface area contributed by atoms with E-state index in [1.807, 2.05) is 6.07 Å². The fourth-order valence-electron chi connectivity index (χ4n) is 4.09. The quantitative estimate of drug-likeness (QED) is 0.518. The molecule has 7 nitrogen and oxygen atoms in total. The molecule has 2 N–H and O–H groups in total. The van der Waals surface area contributed by atoms with Crippen molar-refractivity contribution in [3.63, 3.8) is 0 Å². The van der Waals surface area contributed by atoms with Crippen LogP contribution in [0.15, 0.2) is 30.3 Å². The molecule has 0 fully saturated rings. The zero-order valence-corrected chi connectivity index (χ0v) is 16.2. The molecule has 0 aliphatic carbocycles. The molecule has 0 saturated carbocycles. The Labute approximate surface area is 162 Å². The fraction of sp³-hybridized carbons (Fsp3) is 0.333. The van der Waals surface area contributed by atoms with Gasteiger partial charge < -0.3 is 19.8 Å². The van der Waals surface area contributed by atoms with E-state index in [0.29, 0.717) is 12.2 Å². The molecule has 146 valence electrons. The van der Waals surface area contributed by atoms with Crippen LogP contribution in [0.1, 0.15) is 28.4 Å². The van der Waals surface area contributed by atoms with E-state index in [4.69, 9.17) is 9.47 Å². The van der Waals surface area contributed by atoms with Crippen molar-refractivity contribution in [2.45, 2.75) is 25.8 Å². The zero-order valence-electron chi connectivity index (χ0n) is 16.2. The van der Waals surface area contributed by atoms with Crippen molar-refractivity contribution in [1.29, 1.82) is 0 Å². The lowest BCUT2D eigenvalue weighted by atomic mass is 9.94. The highest BCUT2D eigenvalue weighted by Crippen LogP contribution is 2.39. The van der Waals surface area contributed by atoms with Crippen molar-refractivity contribution in [2.75, 3.05) is 20.8 Å². The van der Waals surface area contributed by atoms with E-state index in [-0.39, 0.29) is 17.5 Å². The third-order valence-electron chi connectivity index (χ3n) is 5.36. The average molecular weight is 381 g/mol. The second-order valence-corrected chi connectivity index (χ2v) is 7.13. The molecule has 3 aromatic rings. The highest BCUT2D eigenvalue weighted by molar-refractivity contribution is 5.85. The Morgan fingerprint density at radius 1 is 1.21 bits per heavy atom. The van der Waals surface area contributed by atoms with Crippen LogP contribution in [0.5, 0.6) is 11.5 Å². The number of ether oxygens (including phenoxy) is 2. The number of H-pyrrole nitrogens is 1. The monoisotopic (exact) mass is 381 g/mol. The molecular weight excluding hydrogens is 358 g/mol. The van der Waals surface area contributed by atoms with Gasteiger partial charge in [-0.2, -0.15) is 0 Å². The Balaban J connectivity index is 1.74. The van der Waals surface area contributed by atoms with Gasteiger partial charge in [-0.25, -0.2) is 0 Å². The molecule has 7 heteroatoms. The average Bonchev–Trinajstić information content (AvgIpc) is 3.06. The lowest BCUT2D eigenvalue weighted by Crippen LogP contribution is -2.31. The molecule has 0 bridgehead atoms. The summed E-state index contributed by atoms with van der Waals surface area (Å²) in [5.41, 5.74) is 5.59. The second kappa shape index (κ2) is 7.16. The van der Waals surface area contributed by atoms with Gasteiger partial charge in [-0.3, -0.25) is 10.1 Å². The van der Waals surface area contributed by atoms with E-state index in [9.17, 15) is 10.1 Å². The highest BCUT2D eigenvalue weighted by Gasteiger charge is 2.27. The van der Waals surface area contributed by atoms with Gasteiger partial charge in [-0.1, -0.05) is 11.6 Å². The smallest absolute Gasteiger partial charge is 0.315 e. The van der Waals surface area contributed by atoms with E-state index in [2.05, 4.69) is 35.4 Å². The largest absolute Gasteiger partial charge is 0.493 e. The van der Waals surface area contributed by atoms with Gasteiger partial charge >= 0.3 is 5.69 Å². The minimum absolute atomic E-state index is 0.0501. The topological polar surface area (TPSA) is 89.4 Å². The molecule has 1 atom stereocenters. The van der Waals surface area contributed by atoms with Crippen LogP contribution in [-0.4, -0.2) is 30.7 Å². The Morgan fingerprint density at radius 3 is 2.75 bits per heavy atom. The Bertz CT molecular complexity index is 1060. The summed E-state index contributed by atoms with van der Waals surface area (Å²) in [4.78, 5) is 14.6. The van der Waals surface area contributed by atoms with Crippen LogP contribution in [0.4, 0.5) is 5.69 Å². The summed E-state index contributed by atoms with van der Waals surface area (Å²) in [6, 6.07) is 9.87. The lowest BCUT2D eigenvalue weighted by Gasteiger charge is -2.25. The van der Waals surface area contributed by atoms with Gasteiger partial charge in [0.05, 0.1) is 25.2 Å². The van der Waals surface area contributed by atoms with Crippen LogP contribution in [0, 0.1) is 17.0 Å². The number of nitro benzene ring substituents is 1. The summed E-state index contributed by atoms with van der Waals surface area (Å²) in [6.45, 7) is 2.97. The first-order valence-electron chi connectivity index (χ1n) is 9.25. The highest BCUT2D eigenvalue weighted by atomic mass is 16.6. The molecule has 1 aliphatic rings. The number of benzene rings is 2. The van der Waals surface area contributed by atoms with Crippen molar-refractivity contribution < 1.29 is 14.4 Å². The van der Waals surface area contributed by atoms with Crippen LogP contribution >= 0.6 is 0 Å². The van der Waals surface area contributed by atoms with Crippen molar-refractivity contribution in [3.8, 4) is 11.5 Å². The molecule has 2 aromatic carbocycles. The summed E-state index contributed by atoms with van der Waals surface area (Å²) in [5, 5.41) is 16.3. The van der Waals surface area contributed by atoms with Gasteiger partial charge in [0.2, 0.25) is 5.75 Å². The molecule has 0 amide bonds. The molecule has 4 rings (SSSR count). The molecule has 0 radical (unpaired) electrons. The third kappa shape index (κ3) is 3.07. The number of aryl methyl sites for hydroxylation is 1. The maximum Gasteiger partial charge on any atom is 0.315 e. The molecule has 2 heterocycles. The van der Waals surface area contributed by atoms with Crippen LogP contribution < -0.4 is 14.8 Å². The summed E-state index contributed by atoms with van der Waals surface area (Å²) in [6.07, 6.45) is 1.57. The van der Waals surface area contributed by atoms with E-state index in [0.717, 1.165) is 29.7 Å². The number of hydrogen-bond donors (Lipinski definition) is 2. The number of hydrogen-bond acceptors (Lipinski definition) is 5. The molecule has 0 spiro atoms. The predicted octanol–water partition coefficient (Wildman–Crippen LogP) is 3.83. The van der Waals surface area contributed by atoms with Crippen LogP contribution in [0.25, 0.3) is 10.9 Å². The number of nitrogens with one attached hydrogen (secondary N) is 2. The number of aromatic amines is 1. The normalized spacial score (nSPS) is 16.0. The fourth-order valence-corrected chi connectivity index (χ4v) is 4.09. The molecule has 28 heavy (non-hydrogen) atoms. The summed E-state index contributed by atoms with van der Waals surface area (Å²) >= 11 is 0. The van der Waals surface area contributed by atoms with Crippen molar-refractivity contribution in [1.82, 2.24) is 10.3 Å². The zero-order chi connectivity index (χ0) is 19.8. The van der Waals surface area contributed by atoms with Crippen molar-refractivity contribution in [2.24, 2.45) is 0 Å². The molecule has 1 aromatic heterocycles. The van der Waals surface area contributed by atoms with E-state index in [1.54, 1.807) is 6.07 Å². The van der Waals surface area contributed by atoms with Crippen molar-refractivity contribution >= 4 is 16.6 Å². The number of methoxy groups -OCH3 is 2. The van der Waals surface area contributed by atoms with Gasteiger partial charge in [0.1, 0.15) is 0 Å². The summed E-state index contributed by atoms with van der Waals surface area (Å²) in [5.74, 6) is 0.518. The molecular formula is C21H23N3O4. The first-order valence-corrected chi connectivity index (χ1v) is 9.25. The summed E-state index contributed by atoms with van der Waals surface area (Å²) in [7, 11) is 2.90. The van der Waals surface area contributed by atoms with Gasteiger partial charge in [0.25, 0.3) is 0 Å². The van der Waals surface area contributed by atoms with Crippen LogP contribution in [-0.2, 0) is 12.8 Å². The number of rotatable bonds is 5. The molecule has 1 unspecified atom stereocenters. The minimum Gasteiger partial charge on any atom is -0.493 e. The van der Waals surface area contributed by atoms with Gasteiger partial charge in [0.15, 0.2) is 5.75 Å². The number of nitro groups is 1. The van der Waals surface area contributed by atoms with E-state index in [1.165, 1.54) is 30.7 Å². The maximum atomic E-state index is 11.5. The molecule has 1 aliphatic heterocycles. The Morgan fingerprint density at radius 2 is 2.04 bits per heavy atom. The first-order chi connectivity index (χ1) is 13.5. The van der Waals surface area contributed by atoms with Crippen LogP contribution in [0.3, 0.4) is 0 Å². The Kier molecular flexibility index (Phi) is 4.68. The van der Waals surface area contributed by atoms with E-state index >= 15 is 0 Å². The lowest BCUT2D eigenvalue weighted by molar-refractivity contribution is -0.385. The number of nitrogens with zero attached hydrogens (tertiary/aromatic N) is 1. The number of aromatic nitrogens is 1. The Hall–Kier alpha value is -3.06. The van der Waals surface area contributed by atoms with Gasteiger partial charge in [0, 0.05) is 22.7 Å². The second-order valence-electron chi connectivity index (χ2n) is 7.13. The SMILES string of the molecule is COc1cc(CC2NCCc3c2[nH]c2ccc(C)cc32)cc([N+](=O)[O-])c1OC. The molecule has 0 saturated heterocycles. The summed E-state index contributed by atoms with van der Waals surface area (Å²) < 4.78 is 10.5. The van der Waals surface area contributed by atoms with Gasteiger partial charge in [-0.15, -0.1) is 0 Å². The predicted molar refractivity (Wildman–Crippen MR) is 107 cm³/mol. The van der Waals surface area contributed by atoms with E-state index < -0.39 is 4.92 Å². The van der Waals surface area contributed by atoms with Crippen molar-refractivity contribution in [3.05, 3.63) is 62.8 Å². The third-order valence-corrected chi connectivity index (χ3v) is 5.36. The standard InChI is InChI=1S/C21H23N3O4/c1-12-4-5-16-15(8-12)14-6-7-22-17(20(14)23-16)9-13-10-18(24(25)26)21(28-3)19(11-13)27-2/h4-5,8,10-11,17,22-23H,6-7,9H2,1-3H3. The van der Waals surface area contributed by atoms with Gasteiger partial charge in [-0.05, 0) is 55.6 Å². The minimum atomic E-state index is -0.434. The first kappa shape index (κ1) is 18.3. The number of fused-ring (bicyclic) bond motifs is 3. The van der Waals surface area contributed by atoms with Crippen LogP contribution in [0.2, 0.25) is 0 Å².